The highest BCUT2D eigenvalue weighted by atomic mass is 15.3. The van der Waals surface area contributed by atoms with Gasteiger partial charge in [-0.15, -0.1) is 0 Å². The van der Waals surface area contributed by atoms with Crippen LogP contribution < -0.4 is 5.32 Å². The summed E-state index contributed by atoms with van der Waals surface area (Å²) in [6.45, 7) is 0.946. The van der Waals surface area contributed by atoms with Crippen molar-refractivity contribution < 1.29 is 0 Å². The largest absolute Gasteiger partial charge is 0.314 e. The predicted octanol–water partition coefficient (Wildman–Crippen LogP) is 2.53. The van der Waals surface area contributed by atoms with Crippen molar-refractivity contribution in [2.45, 2.75) is 50.6 Å². The van der Waals surface area contributed by atoms with Crippen molar-refractivity contribution in [2.75, 3.05) is 7.05 Å². The molecule has 0 spiro atoms. The molecule has 1 heterocycles. The molecule has 4 aliphatic rings. The van der Waals surface area contributed by atoms with Gasteiger partial charge in [-0.05, 0) is 69.4 Å². The van der Waals surface area contributed by atoms with Crippen LogP contribution in [0.1, 0.15) is 44.2 Å². The van der Waals surface area contributed by atoms with Crippen molar-refractivity contribution in [1.82, 2.24) is 15.1 Å². The van der Waals surface area contributed by atoms with Gasteiger partial charge in [-0.1, -0.05) is 0 Å². The number of hydrogen-bond acceptors (Lipinski definition) is 2. The van der Waals surface area contributed by atoms with Crippen molar-refractivity contribution in [3.05, 3.63) is 18.0 Å². The minimum atomic E-state index is 0.379. The molecule has 4 fully saturated rings. The Balaban J connectivity index is 1.72. The summed E-state index contributed by atoms with van der Waals surface area (Å²) < 4.78 is 2.40. The van der Waals surface area contributed by atoms with Crippen LogP contribution in [0.5, 0.6) is 0 Å². The summed E-state index contributed by atoms with van der Waals surface area (Å²) in [6.07, 6.45) is 10.7. The second-order valence-corrected chi connectivity index (χ2v) is 6.91. The van der Waals surface area contributed by atoms with Crippen molar-refractivity contribution in [3.8, 4) is 0 Å². The minimum absolute atomic E-state index is 0.379. The first-order valence-corrected chi connectivity index (χ1v) is 7.47. The maximum absolute atomic E-state index is 4.70. The van der Waals surface area contributed by atoms with Crippen LogP contribution in [0, 0.1) is 17.8 Å². The van der Waals surface area contributed by atoms with E-state index in [0.29, 0.717) is 5.54 Å². The van der Waals surface area contributed by atoms with Gasteiger partial charge in [-0.25, -0.2) is 0 Å². The van der Waals surface area contributed by atoms with Crippen LogP contribution in [-0.4, -0.2) is 16.8 Å². The molecule has 1 aromatic rings. The quantitative estimate of drug-likeness (QED) is 0.887. The fraction of sp³-hybridized carbons (Fsp3) is 0.800. The normalized spacial score (nSPS) is 41.5. The second kappa shape index (κ2) is 3.83. The Hall–Kier alpha value is -0.830. The second-order valence-electron chi connectivity index (χ2n) is 6.91. The number of hydrogen-bond donors (Lipinski definition) is 1. The molecule has 4 aliphatic carbocycles. The molecule has 3 heteroatoms. The van der Waals surface area contributed by atoms with Gasteiger partial charge in [0.05, 0.1) is 11.2 Å². The maximum Gasteiger partial charge on any atom is 0.0639 e. The van der Waals surface area contributed by atoms with Crippen molar-refractivity contribution in [1.29, 1.82) is 0 Å². The fourth-order valence-electron chi connectivity index (χ4n) is 5.40. The first-order chi connectivity index (χ1) is 8.79. The van der Waals surface area contributed by atoms with Gasteiger partial charge in [-0.3, -0.25) is 4.68 Å². The standard InChI is InChI=1S/C15H23N3/c1-16-10-14-2-3-17-18(14)15-7-11-4-12(8-15)6-13(5-11)9-15/h2-3,11-13,16H,4-10H2,1H3. The molecular formula is C15H23N3. The van der Waals surface area contributed by atoms with Crippen LogP contribution >= 0.6 is 0 Å². The molecule has 1 aromatic heterocycles. The molecule has 0 radical (unpaired) electrons. The van der Waals surface area contributed by atoms with Gasteiger partial charge in [0.15, 0.2) is 0 Å². The van der Waals surface area contributed by atoms with Crippen molar-refractivity contribution in [3.63, 3.8) is 0 Å². The molecule has 18 heavy (non-hydrogen) atoms. The Morgan fingerprint density at radius 3 is 2.39 bits per heavy atom. The zero-order valence-electron chi connectivity index (χ0n) is 11.2. The first-order valence-electron chi connectivity index (χ1n) is 7.47. The zero-order valence-corrected chi connectivity index (χ0v) is 11.2. The van der Waals surface area contributed by atoms with E-state index in [1.807, 2.05) is 13.2 Å². The van der Waals surface area contributed by atoms with Gasteiger partial charge in [-0.2, -0.15) is 5.10 Å². The average Bonchev–Trinajstić information content (AvgIpc) is 2.76. The summed E-state index contributed by atoms with van der Waals surface area (Å²) in [6, 6.07) is 2.19. The van der Waals surface area contributed by atoms with E-state index >= 15 is 0 Å². The molecule has 0 amide bonds. The molecule has 3 nitrogen and oxygen atoms in total. The summed E-state index contributed by atoms with van der Waals surface area (Å²) in [5.41, 5.74) is 1.75. The topological polar surface area (TPSA) is 29.9 Å². The van der Waals surface area contributed by atoms with E-state index in [1.165, 1.54) is 44.2 Å². The average molecular weight is 245 g/mol. The Morgan fingerprint density at radius 2 is 1.83 bits per heavy atom. The van der Waals surface area contributed by atoms with Gasteiger partial charge in [0.1, 0.15) is 0 Å². The van der Waals surface area contributed by atoms with Crippen molar-refractivity contribution in [2.24, 2.45) is 17.8 Å². The molecule has 0 atom stereocenters. The summed E-state index contributed by atoms with van der Waals surface area (Å²) >= 11 is 0. The smallest absolute Gasteiger partial charge is 0.0639 e. The molecule has 4 bridgehead atoms. The molecule has 0 unspecified atom stereocenters. The third kappa shape index (κ3) is 1.49. The van der Waals surface area contributed by atoms with Gasteiger partial charge in [0, 0.05) is 12.7 Å². The monoisotopic (exact) mass is 245 g/mol. The third-order valence-electron chi connectivity index (χ3n) is 5.53. The predicted molar refractivity (Wildman–Crippen MR) is 71.1 cm³/mol. The SMILES string of the molecule is CNCc1ccnn1C12CC3CC(CC(C3)C1)C2. The zero-order chi connectivity index (χ0) is 12.2. The number of nitrogens with zero attached hydrogens (tertiary/aromatic N) is 2. The Kier molecular flexibility index (Phi) is 2.35. The van der Waals surface area contributed by atoms with Crippen LogP contribution in [0.2, 0.25) is 0 Å². The lowest BCUT2D eigenvalue weighted by molar-refractivity contribution is -0.0508. The summed E-state index contributed by atoms with van der Waals surface area (Å²) in [5, 5.41) is 7.98. The molecular weight excluding hydrogens is 222 g/mol. The molecule has 4 saturated carbocycles. The molecule has 0 saturated heterocycles. The lowest BCUT2D eigenvalue weighted by Gasteiger charge is -2.57. The highest BCUT2D eigenvalue weighted by molar-refractivity contribution is 5.11. The van der Waals surface area contributed by atoms with E-state index in [9.17, 15) is 0 Å². The third-order valence-corrected chi connectivity index (χ3v) is 5.53. The van der Waals surface area contributed by atoms with Crippen LogP contribution in [0.25, 0.3) is 0 Å². The maximum atomic E-state index is 4.70. The Morgan fingerprint density at radius 1 is 1.22 bits per heavy atom. The van der Waals surface area contributed by atoms with E-state index in [0.717, 1.165) is 24.3 Å². The Bertz CT molecular complexity index is 413. The van der Waals surface area contributed by atoms with Gasteiger partial charge in [0.2, 0.25) is 0 Å². The molecule has 0 aliphatic heterocycles. The van der Waals surface area contributed by atoms with Gasteiger partial charge < -0.3 is 5.32 Å². The summed E-state index contributed by atoms with van der Waals surface area (Å²) in [4.78, 5) is 0. The number of nitrogens with one attached hydrogen (secondary N) is 1. The highest BCUT2D eigenvalue weighted by Gasteiger charge is 2.52. The molecule has 1 N–H and O–H groups in total. The number of rotatable bonds is 3. The lowest BCUT2D eigenvalue weighted by atomic mass is 9.53. The Labute approximate surface area is 109 Å². The van der Waals surface area contributed by atoms with Crippen LogP contribution in [-0.2, 0) is 12.1 Å². The van der Waals surface area contributed by atoms with Crippen molar-refractivity contribution >= 4 is 0 Å². The van der Waals surface area contributed by atoms with E-state index in [4.69, 9.17) is 5.10 Å². The highest BCUT2D eigenvalue weighted by Crippen LogP contribution is 2.58. The minimum Gasteiger partial charge on any atom is -0.314 e. The van der Waals surface area contributed by atoms with E-state index in [2.05, 4.69) is 16.1 Å². The van der Waals surface area contributed by atoms with Crippen LogP contribution in [0.4, 0.5) is 0 Å². The fourth-order valence-corrected chi connectivity index (χ4v) is 5.40. The van der Waals surface area contributed by atoms with Crippen LogP contribution in [0.3, 0.4) is 0 Å². The summed E-state index contributed by atoms with van der Waals surface area (Å²) in [5.74, 6) is 2.97. The molecule has 0 aromatic carbocycles. The first kappa shape index (κ1) is 11.0. The van der Waals surface area contributed by atoms with Gasteiger partial charge >= 0.3 is 0 Å². The molecule has 5 rings (SSSR count). The van der Waals surface area contributed by atoms with Gasteiger partial charge in [0.25, 0.3) is 0 Å². The van der Waals surface area contributed by atoms with E-state index in [1.54, 1.807) is 0 Å². The lowest BCUT2D eigenvalue weighted by Crippen LogP contribution is -2.52. The van der Waals surface area contributed by atoms with Crippen LogP contribution in [0.15, 0.2) is 12.3 Å². The van der Waals surface area contributed by atoms with E-state index < -0.39 is 0 Å². The summed E-state index contributed by atoms with van der Waals surface area (Å²) in [7, 11) is 2.02. The number of aromatic nitrogens is 2. The molecule has 98 valence electrons. The van der Waals surface area contributed by atoms with E-state index in [-0.39, 0.29) is 0 Å².